The smallest absolute Gasteiger partial charge is 0.270 e. The Morgan fingerprint density at radius 1 is 1.15 bits per heavy atom. The van der Waals surface area contributed by atoms with E-state index in [4.69, 9.17) is 0 Å². The first-order chi connectivity index (χ1) is 12.6. The van der Waals surface area contributed by atoms with Crippen LogP contribution in [0.3, 0.4) is 0 Å². The van der Waals surface area contributed by atoms with Crippen LogP contribution in [0.1, 0.15) is 21.6 Å². The Labute approximate surface area is 151 Å². The highest BCUT2D eigenvalue weighted by molar-refractivity contribution is 5.98. The van der Waals surface area contributed by atoms with Crippen molar-refractivity contribution in [1.29, 1.82) is 0 Å². The van der Waals surface area contributed by atoms with E-state index in [1.165, 1.54) is 5.56 Å². The number of rotatable bonds is 4. The van der Waals surface area contributed by atoms with Gasteiger partial charge in [0.1, 0.15) is 5.69 Å². The van der Waals surface area contributed by atoms with Crippen LogP contribution < -0.4 is 0 Å². The summed E-state index contributed by atoms with van der Waals surface area (Å²) in [4.78, 5) is 17.7. The fourth-order valence-corrected chi connectivity index (χ4v) is 3.07. The number of nitrogens with one attached hydrogen (secondary N) is 1. The predicted molar refractivity (Wildman–Crippen MR) is 102 cm³/mol. The Morgan fingerprint density at radius 2 is 1.96 bits per heavy atom. The molecule has 0 radical (unpaired) electrons. The topological polar surface area (TPSA) is 53.9 Å². The van der Waals surface area contributed by atoms with Gasteiger partial charge in [-0.05, 0) is 36.8 Å². The summed E-state index contributed by atoms with van der Waals surface area (Å²) in [6, 6.07) is 18.0. The number of para-hydroxylation sites is 1. The summed E-state index contributed by atoms with van der Waals surface area (Å²) in [6.45, 7) is 2.54. The summed E-state index contributed by atoms with van der Waals surface area (Å²) in [5, 5.41) is 5.43. The first-order valence-corrected chi connectivity index (χ1v) is 8.54. The molecule has 0 aliphatic heterocycles. The Balaban J connectivity index is 1.51. The maximum absolute atomic E-state index is 12.7. The number of fused-ring (bicyclic) bond motifs is 1. The number of hydrogen-bond acceptors (Lipinski definition) is 2. The minimum Gasteiger partial charge on any atom is -0.351 e. The highest BCUT2D eigenvalue weighted by Gasteiger charge is 2.15. The number of benzene rings is 2. The zero-order valence-electron chi connectivity index (χ0n) is 14.8. The fourth-order valence-electron chi connectivity index (χ4n) is 3.07. The highest BCUT2D eigenvalue weighted by Crippen LogP contribution is 2.18. The Morgan fingerprint density at radius 3 is 2.77 bits per heavy atom. The average molecular weight is 344 g/mol. The standard InChI is InChI=1S/C21H20N4O/c1-15-8-9-17-11-20(23-19(17)10-15)21(26)24(2)13-16-12-22-25(14-16)18-6-4-3-5-7-18/h3-12,14,23H,13H2,1-2H3. The van der Waals surface area contributed by atoms with Crippen LogP contribution in [0, 0.1) is 6.92 Å². The van der Waals surface area contributed by atoms with Gasteiger partial charge in [0.25, 0.3) is 5.91 Å². The summed E-state index contributed by atoms with van der Waals surface area (Å²) in [5.74, 6) is -0.0358. The third-order valence-corrected chi connectivity index (χ3v) is 4.43. The van der Waals surface area contributed by atoms with Gasteiger partial charge in [0, 0.05) is 36.3 Å². The third kappa shape index (κ3) is 3.11. The second kappa shape index (κ2) is 6.52. The van der Waals surface area contributed by atoms with E-state index >= 15 is 0 Å². The lowest BCUT2D eigenvalue weighted by molar-refractivity contribution is 0.0780. The molecule has 5 heteroatoms. The molecule has 5 nitrogen and oxygen atoms in total. The molecule has 0 fully saturated rings. The first-order valence-electron chi connectivity index (χ1n) is 8.54. The zero-order valence-corrected chi connectivity index (χ0v) is 14.8. The summed E-state index contributed by atoms with van der Waals surface area (Å²) in [5.41, 5.74) is 4.73. The zero-order chi connectivity index (χ0) is 18.1. The Kier molecular flexibility index (Phi) is 4.05. The van der Waals surface area contributed by atoms with Gasteiger partial charge < -0.3 is 9.88 Å². The number of H-pyrrole nitrogens is 1. The van der Waals surface area contributed by atoms with Crippen molar-refractivity contribution in [1.82, 2.24) is 19.7 Å². The molecule has 0 spiro atoms. The first kappa shape index (κ1) is 16.1. The summed E-state index contributed by atoms with van der Waals surface area (Å²) in [7, 11) is 1.80. The van der Waals surface area contributed by atoms with Crippen LogP contribution in [0.15, 0.2) is 67.0 Å². The summed E-state index contributed by atoms with van der Waals surface area (Å²) in [6.07, 6.45) is 3.75. The van der Waals surface area contributed by atoms with Crippen LogP contribution in [-0.4, -0.2) is 32.6 Å². The molecule has 2 aromatic heterocycles. The second-order valence-electron chi connectivity index (χ2n) is 6.56. The molecule has 0 atom stereocenters. The van der Waals surface area contributed by atoms with Crippen molar-refractivity contribution in [3.63, 3.8) is 0 Å². The quantitative estimate of drug-likeness (QED) is 0.610. The average Bonchev–Trinajstić information content (AvgIpc) is 3.28. The van der Waals surface area contributed by atoms with Crippen LogP contribution in [0.5, 0.6) is 0 Å². The van der Waals surface area contributed by atoms with E-state index in [9.17, 15) is 4.79 Å². The van der Waals surface area contributed by atoms with Gasteiger partial charge in [-0.1, -0.05) is 30.3 Å². The third-order valence-electron chi connectivity index (χ3n) is 4.43. The number of hydrogen-bond donors (Lipinski definition) is 1. The maximum Gasteiger partial charge on any atom is 0.270 e. The van der Waals surface area contributed by atoms with Gasteiger partial charge in [-0.3, -0.25) is 4.79 Å². The van der Waals surface area contributed by atoms with E-state index in [1.54, 1.807) is 18.1 Å². The molecule has 0 saturated carbocycles. The lowest BCUT2D eigenvalue weighted by atomic mass is 10.2. The van der Waals surface area contributed by atoms with Gasteiger partial charge >= 0.3 is 0 Å². The molecule has 2 heterocycles. The van der Waals surface area contributed by atoms with Crippen LogP contribution in [0.4, 0.5) is 0 Å². The molecule has 4 rings (SSSR count). The number of nitrogens with zero attached hydrogens (tertiary/aromatic N) is 3. The van der Waals surface area contributed by atoms with Gasteiger partial charge in [0.15, 0.2) is 0 Å². The normalized spacial score (nSPS) is 11.0. The van der Waals surface area contributed by atoms with Crippen molar-refractivity contribution in [2.45, 2.75) is 13.5 Å². The van der Waals surface area contributed by atoms with Crippen molar-refractivity contribution in [3.05, 3.63) is 83.8 Å². The fraction of sp³-hybridized carbons (Fsp3) is 0.143. The number of aromatic amines is 1. The molecule has 0 unspecified atom stereocenters. The molecule has 26 heavy (non-hydrogen) atoms. The van der Waals surface area contributed by atoms with Gasteiger partial charge in [-0.15, -0.1) is 0 Å². The molecular formula is C21H20N4O. The predicted octanol–water partition coefficient (Wildman–Crippen LogP) is 3.93. The molecule has 0 aliphatic carbocycles. The van der Waals surface area contributed by atoms with Crippen molar-refractivity contribution in [3.8, 4) is 5.69 Å². The largest absolute Gasteiger partial charge is 0.351 e. The van der Waals surface area contributed by atoms with E-state index in [0.717, 1.165) is 22.2 Å². The molecule has 0 bridgehead atoms. The maximum atomic E-state index is 12.7. The SMILES string of the molecule is Cc1ccc2cc(C(=O)N(C)Cc3cnn(-c4ccccc4)c3)[nH]c2c1. The monoisotopic (exact) mass is 344 g/mol. The molecule has 1 N–H and O–H groups in total. The summed E-state index contributed by atoms with van der Waals surface area (Å²) >= 11 is 0. The van der Waals surface area contributed by atoms with Gasteiger partial charge in [0.2, 0.25) is 0 Å². The van der Waals surface area contributed by atoms with E-state index in [1.807, 2.05) is 66.3 Å². The van der Waals surface area contributed by atoms with Crippen molar-refractivity contribution >= 4 is 16.8 Å². The van der Waals surface area contributed by atoms with E-state index in [-0.39, 0.29) is 5.91 Å². The molecule has 130 valence electrons. The van der Waals surface area contributed by atoms with Crippen LogP contribution in [0.25, 0.3) is 16.6 Å². The van der Waals surface area contributed by atoms with Gasteiger partial charge in [-0.25, -0.2) is 4.68 Å². The minimum atomic E-state index is -0.0358. The molecule has 0 saturated heterocycles. The molecular weight excluding hydrogens is 324 g/mol. The molecule has 2 aromatic carbocycles. The van der Waals surface area contributed by atoms with Gasteiger partial charge in [-0.2, -0.15) is 5.10 Å². The van der Waals surface area contributed by atoms with Crippen LogP contribution in [-0.2, 0) is 6.54 Å². The molecule has 1 amide bonds. The summed E-state index contributed by atoms with van der Waals surface area (Å²) < 4.78 is 1.82. The van der Waals surface area contributed by atoms with Crippen LogP contribution in [0.2, 0.25) is 0 Å². The van der Waals surface area contributed by atoms with Crippen molar-refractivity contribution < 1.29 is 4.79 Å². The molecule has 0 aliphatic rings. The lowest BCUT2D eigenvalue weighted by Gasteiger charge is -2.15. The Hall–Kier alpha value is -3.34. The second-order valence-corrected chi connectivity index (χ2v) is 6.56. The number of aryl methyl sites for hydroxylation is 1. The number of aromatic nitrogens is 3. The number of amides is 1. The van der Waals surface area contributed by atoms with E-state index in [0.29, 0.717) is 12.2 Å². The van der Waals surface area contributed by atoms with E-state index < -0.39 is 0 Å². The Bertz CT molecular complexity index is 1060. The van der Waals surface area contributed by atoms with E-state index in [2.05, 4.69) is 16.1 Å². The van der Waals surface area contributed by atoms with Crippen molar-refractivity contribution in [2.24, 2.45) is 0 Å². The number of carbonyl (C=O) groups excluding carboxylic acids is 1. The van der Waals surface area contributed by atoms with Crippen molar-refractivity contribution in [2.75, 3.05) is 7.05 Å². The number of carbonyl (C=O) groups is 1. The lowest BCUT2D eigenvalue weighted by Crippen LogP contribution is -2.26. The van der Waals surface area contributed by atoms with Gasteiger partial charge in [0.05, 0.1) is 11.9 Å². The highest BCUT2D eigenvalue weighted by atomic mass is 16.2. The minimum absolute atomic E-state index is 0.0358. The van der Waals surface area contributed by atoms with Crippen LogP contribution >= 0.6 is 0 Å². The molecule has 4 aromatic rings.